The van der Waals surface area contributed by atoms with E-state index >= 15 is 0 Å². The predicted octanol–water partition coefficient (Wildman–Crippen LogP) is 4.45. The second kappa shape index (κ2) is 9.63. The van der Waals surface area contributed by atoms with Crippen LogP contribution in [-0.2, 0) is 0 Å². The number of methoxy groups -OCH3 is 2. The van der Waals surface area contributed by atoms with Gasteiger partial charge in [0.25, 0.3) is 11.8 Å². The molecule has 0 bridgehead atoms. The summed E-state index contributed by atoms with van der Waals surface area (Å²) in [5.74, 6) is 1.26. The van der Waals surface area contributed by atoms with Crippen LogP contribution in [0.3, 0.4) is 0 Å². The third-order valence-corrected chi connectivity index (χ3v) is 6.16. The molecule has 1 aliphatic rings. The highest BCUT2D eigenvalue weighted by Crippen LogP contribution is 2.45. The van der Waals surface area contributed by atoms with Crippen molar-refractivity contribution in [3.63, 3.8) is 0 Å². The molecule has 0 radical (unpaired) electrons. The Balaban J connectivity index is 1.63. The molecule has 2 aromatic rings. The van der Waals surface area contributed by atoms with Gasteiger partial charge in [0, 0.05) is 23.7 Å². The molecular weight excluding hydrogens is 404 g/mol. The fraction of sp³-hybridized carbons (Fsp3) is 0.462. The quantitative estimate of drug-likeness (QED) is 0.670. The molecular formula is C26H34N2O4. The lowest BCUT2D eigenvalue weighted by atomic mass is 9.62. The summed E-state index contributed by atoms with van der Waals surface area (Å²) in [5, 5.41) is 6.31. The van der Waals surface area contributed by atoms with Crippen molar-refractivity contribution < 1.29 is 19.1 Å². The number of carbonyl (C=O) groups is 2. The van der Waals surface area contributed by atoms with Gasteiger partial charge in [-0.15, -0.1) is 0 Å². The van der Waals surface area contributed by atoms with Crippen LogP contribution in [-0.4, -0.2) is 38.6 Å². The van der Waals surface area contributed by atoms with Gasteiger partial charge in [0.05, 0.1) is 14.2 Å². The Hall–Kier alpha value is -3.02. The Bertz CT molecular complexity index is 937. The molecule has 0 aliphatic heterocycles. The van der Waals surface area contributed by atoms with E-state index in [0.717, 1.165) is 30.8 Å². The molecule has 1 aliphatic carbocycles. The van der Waals surface area contributed by atoms with Gasteiger partial charge < -0.3 is 20.1 Å². The van der Waals surface area contributed by atoms with Crippen molar-refractivity contribution in [2.45, 2.75) is 46.1 Å². The molecule has 6 heteroatoms. The van der Waals surface area contributed by atoms with E-state index in [1.807, 2.05) is 0 Å². The lowest BCUT2D eigenvalue weighted by Crippen LogP contribution is -2.50. The molecule has 0 saturated heterocycles. The maximum Gasteiger partial charge on any atom is 0.251 e. The fourth-order valence-electron chi connectivity index (χ4n) is 5.02. The summed E-state index contributed by atoms with van der Waals surface area (Å²) in [5.41, 5.74) is 1.15. The molecule has 1 fully saturated rings. The average Bonchev–Trinajstić information content (AvgIpc) is 2.76. The highest BCUT2D eigenvalue weighted by atomic mass is 16.5. The number of carbonyl (C=O) groups excluding carboxylic acids is 2. The summed E-state index contributed by atoms with van der Waals surface area (Å²) in [4.78, 5) is 25.5. The molecule has 1 saturated carbocycles. The normalized spacial score (nSPS) is 22.0. The first-order valence-electron chi connectivity index (χ1n) is 11.0. The summed E-state index contributed by atoms with van der Waals surface area (Å²) in [6.45, 7) is 7.19. The highest BCUT2D eigenvalue weighted by Gasteiger charge is 2.42. The maximum atomic E-state index is 12.8. The molecule has 2 N–H and O–H groups in total. The standard InChI is InChI=1S/C26H34N2O4/c1-25(2)14-20(28-24(30)19-8-12-22(32-5)13-9-19)15-26(3,16-25)17-27-23(29)18-6-10-21(31-4)11-7-18/h6-13,20H,14-17H2,1-5H3,(H,27,29)(H,28,30)/t20-,26-/m1/s1. The first kappa shape index (κ1) is 23.6. The van der Waals surface area contributed by atoms with Gasteiger partial charge in [-0.05, 0) is 78.6 Å². The van der Waals surface area contributed by atoms with E-state index in [1.54, 1.807) is 62.8 Å². The molecule has 0 spiro atoms. The van der Waals surface area contributed by atoms with Crippen molar-refractivity contribution in [3.05, 3.63) is 59.7 Å². The lowest BCUT2D eigenvalue weighted by molar-refractivity contribution is 0.0592. The van der Waals surface area contributed by atoms with Gasteiger partial charge in [-0.1, -0.05) is 20.8 Å². The molecule has 2 atom stereocenters. The van der Waals surface area contributed by atoms with Crippen molar-refractivity contribution in [1.82, 2.24) is 10.6 Å². The summed E-state index contributed by atoms with van der Waals surface area (Å²) < 4.78 is 10.3. The van der Waals surface area contributed by atoms with Crippen LogP contribution in [0.2, 0.25) is 0 Å². The van der Waals surface area contributed by atoms with Crippen LogP contribution < -0.4 is 20.1 Å². The topological polar surface area (TPSA) is 76.7 Å². The third kappa shape index (κ3) is 6.02. The van der Waals surface area contributed by atoms with E-state index < -0.39 is 0 Å². The summed E-state index contributed by atoms with van der Waals surface area (Å²) in [6, 6.07) is 14.3. The zero-order valence-electron chi connectivity index (χ0n) is 19.7. The minimum atomic E-state index is -0.123. The van der Waals surface area contributed by atoms with Gasteiger partial charge in [-0.3, -0.25) is 9.59 Å². The highest BCUT2D eigenvalue weighted by molar-refractivity contribution is 5.95. The van der Waals surface area contributed by atoms with Gasteiger partial charge in [-0.25, -0.2) is 0 Å². The Morgan fingerprint density at radius 1 is 0.844 bits per heavy atom. The minimum absolute atomic E-state index is 0.0382. The average molecular weight is 439 g/mol. The van der Waals surface area contributed by atoms with Gasteiger partial charge in [-0.2, -0.15) is 0 Å². The Morgan fingerprint density at radius 2 is 1.34 bits per heavy atom. The van der Waals surface area contributed by atoms with E-state index in [0.29, 0.717) is 17.7 Å². The number of rotatable bonds is 7. The van der Waals surface area contributed by atoms with Crippen LogP contribution in [0.15, 0.2) is 48.5 Å². The van der Waals surface area contributed by atoms with Crippen molar-refractivity contribution in [1.29, 1.82) is 0 Å². The van der Waals surface area contributed by atoms with E-state index in [2.05, 4.69) is 31.4 Å². The maximum absolute atomic E-state index is 12.8. The first-order chi connectivity index (χ1) is 15.1. The van der Waals surface area contributed by atoms with Crippen molar-refractivity contribution in [2.75, 3.05) is 20.8 Å². The zero-order valence-corrected chi connectivity index (χ0v) is 19.7. The van der Waals surface area contributed by atoms with Crippen molar-refractivity contribution in [2.24, 2.45) is 10.8 Å². The van der Waals surface area contributed by atoms with Crippen LogP contribution in [0, 0.1) is 10.8 Å². The molecule has 2 aromatic carbocycles. The van der Waals surface area contributed by atoms with E-state index in [9.17, 15) is 9.59 Å². The molecule has 0 aromatic heterocycles. The Labute approximate surface area is 190 Å². The zero-order chi connectivity index (χ0) is 23.4. The number of benzene rings is 2. The molecule has 6 nitrogen and oxygen atoms in total. The molecule has 0 heterocycles. The second-order valence-electron chi connectivity index (χ2n) is 9.87. The molecule has 0 unspecified atom stereocenters. The van der Waals surface area contributed by atoms with Gasteiger partial charge in [0.1, 0.15) is 11.5 Å². The minimum Gasteiger partial charge on any atom is -0.497 e. The van der Waals surface area contributed by atoms with Gasteiger partial charge in [0.2, 0.25) is 0 Å². The smallest absolute Gasteiger partial charge is 0.251 e. The Morgan fingerprint density at radius 3 is 1.84 bits per heavy atom. The number of hydrogen-bond donors (Lipinski definition) is 2. The van der Waals surface area contributed by atoms with Gasteiger partial charge >= 0.3 is 0 Å². The van der Waals surface area contributed by atoms with Crippen molar-refractivity contribution in [3.8, 4) is 11.5 Å². The van der Waals surface area contributed by atoms with Crippen LogP contribution in [0.5, 0.6) is 11.5 Å². The summed E-state index contributed by atoms with van der Waals surface area (Å²) >= 11 is 0. The molecule has 3 rings (SSSR count). The van der Waals surface area contributed by atoms with Crippen LogP contribution in [0.1, 0.15) is 60.7 Å². The third-order valence-electron chi connectivity index (χ3n) is 6.16. The van der Waals surface area contributed by atoms with Gasteiger partial charge in [0.15, 0.2) is 0 Å². The largest absolute Gasteiger partial charge is 0.497 e. The first-order valence-corrected chi connectivity index (χ1v) is 11.0. The predicted molar refractivity (Wildman–Crippen MR) is 125 cm³/mol. The number of ether oxygens (including phenoxy) is 2. The number of hydrogen-bond acceptors (Lipinski definition) is 4. The van der Waals surface area contributed by atoms with E-state index in [1.165, 1.54) is 0 Å². The number of nitrogens with one attached hydrogen (secondary N) is 2. The van der Waals surface area contributed by atoms with Crippen molar-refractivity contribution >= 4 is 11.8 Å². The lowest BCUT2D eigenvalue weighted by Gasteiger charge is -2.47. The fourth-order valence-corrected chi connectivity index (χ4v) is 5.02. The van der Waals surface area contributed by atoms with Crippen LogP contribution in [0.25, 0.3) is 0 Å². The number of amides is 2. The summed E-state index contributed by atoms with van der Waals surface area (Å²) in [7, 11) is 3.21. The second-order valence-corrected chi connectivity index (χ2v) is 9.87. The van der Waals surface area contributed by atoms with Crippen LogP contribution >= 0.6 is 0 Å². The molecule has 2 amide bonds. The molecule has 172 valence electrons. The SMILES string of the molecule is COc1ccc(C(=O)NC[C@]2(C)C[C@H](NC(=O)c3ccc(OC)cc3)CC(C)(C)C2)cc1. The van der Waals surface area contributed by atoms with Crippen LogP contribution in [0.4, 0.5) is 0 Å². The summed E-state index contributed by atoms with van der Waals surface area (Å²) in [6.07, 6.45) is 2.68. The van der Waals surface area contributed by atoms with E-state index in [-0.39, 0.29) is 28.7 Å². The molecule has 32 heavy (non-hydrogen) atoms. The monoisotopic (exact) mass is 438 g/mol. The van der Waals surface area contributed by atoms with E-state index in [4.69, 9.17) is 9.47 Å². The Kier molecular flexibility index (Phi) is 7.12.